The second-order valence-corrected chi connectivity index (χ2v) is 7.71. The highest BCUT2D eigenvalue weighted by atomic mass is 32.1. The van der Waals surface area contributed by atoms with E-state index in [0.717, 1.165) is 36.9 Å². The van der Waals surface area contributed by atoms with Crippen LogP contribution in [-0.4, -0.2) is 14.4 Å². The third-order valence-electron chi connectivity index (χ3n) is 5.08. The van der Waals surface area contributed by atoms with Gasteiger partial charge in [-0.05, 0) is 18.9 Å². The van der Waals surface area contributed by atoms with Gasteiger partial charge in [-0.25, -0.2) is 4.99 Å². The highest BCUT2D eigenvalue weighted by Gasteiger charge is 2.23. The smallest absolute Gasteiger partial charge is 0.294 e. The number of nitrogens with zero attached hydrogens (tertiary/aromatic N) is 4. The molecule has 1 fully saturated rings. The lowest BCUT2D eigenvalue weighted by atomic mass is 10.1. The Morgan fingerprint density at radius 1 is 1.00 bits per heavy atom. The Morgan fingerprint density at radius 3 is 2.48 bits per heavy atom. The zero-order valence-electron chi connectivity index (χ0n) is 15.4. The molecule has 8 nitrogen and oxygen atoms in total. The first kappa shape index (κ1) is 19.0. The van der Waals surface area contributed by atoms with Crippen molar-refractivity contribution >= 4 is 28.4 Å². The molecule has 0 aliphatic heterocycles. The molecular weight excluding hydrogens is 392 g/mol. The monoisotopic (exact) mass is 410 g/mol. The first-order chi connectivity index (χ1) is 14.0. The standard InChI is InChI=1S/C20H18N4O4S/c25-23(26)16-9-5-6-14(12-16)19-13-29-20(22(19)15-7-1-2-8-15)21-17-10-3-4-11-18(17)24(27)28/h3-6,9-13,15H,1-2,7-8H2. The maximum Gasteiger partial charge on any atom is 0.294 e. The van der Waals surface area contributed by atoms with Crippen molar-refractivity contribution in [3.8, 4) is 11.3 Å². The van der Waals surface area contributed by atoms with Crippen molar-refractivity contribution < 1.29 is 9.85 Å². The number of nitro groups is 2. The van der Waals surface area contributed by atoms with Crippen LogP contribution in [0.25, 0.3) is 11.3 Å². The number of rotatable bonds is 5. The zero-order valence-corrected chi connectivity index (χ0v) is 16.2. The SMILES string of the molecule is O=[N+]([O-])c1cccc(-c2csc(=Nc3ccccc3[N+](=O)[O-])n2C2CCCC2)c1. The van der Waals surface area contributed by atoms with Gasteiger partial charge < -0.3 is 4.57 Å². The molecule has 0 bridgehead atoms. The van der Waals surface area contributed by atoms with Gasteiger partial charge in [0.25, 0.3) is 11.4 Å². The molecule has 1 aromatic heterocycles. The molecule has 0 amide bonds. The van der Waals surface area contributed by atoms with Gasteiger partial charge in [-0.3, -0.25) is 20.2 Å². The minimum absolute atomic E-state index is 0.0313. The van der Waals surface area contributed by atoms with Crippen LogP contribution in [0.1, 0.15) is 31.7 Å². The first-order valence-corrected chi connectivity index (χ1v) is 10.2. The van der Waals surface area contributed by atoms with E-state index in [4.69, 9.17) is 0 Å². The van der Waals surface area contributed by atoms with Gasteiger partial charge >= 0.3 is 0 Å². The van der Waals surface area contributed by atoms with Gasteiger partial charge in [0.2, 0.25) is 0 Å². The van der Waals surface area contributed by atoms with Crippen molar-refractivity contribution in [3.63, 3.8) is 0 Å². The number of hydrogen-bond acceptors (Lipinski definition) is 6. The predicted octanol–water partition coefficient (Wildman–Crippen LogP) is 5.38. The van der Waals surface area contributed by atoms with E-state index in [2.05, 4.69) is 9.56 Å². The van der Waals surface area contributed by atoms with Gasteiger partial charge in [-0.2, -0.15) is 0 Å². The molecular formula is C20H18N4O4S. The van der Waals surface area contributed by atoms with Crippen LogP contribution in [0.5, 0.6) is 0 Å². The molecule has 0 N–H and O–H groups in total. The van der Waals surface area contributed by atoms with Crippen LogP contribution in [0, 0.1) is 20.2 Å². The quantitative estimate of drug-likeness (QED) is 0.416. The Bertz CT molecular complexity index is 1150. The van der Waals surface area contributed by atoms with Crippen molar-refractivity contribution in [2.45, 2.75) is 31.7 Å². The largest absolute Gasteiger partial charge is 0.313 e. The number of benzene rings is 2. The van der Waals surface area contributed by atoms with Crippen LogP contribution in [-0.2, 0) is 0 Å². The highest BCUT2D eigenvalue weighted by Crippen LogP contribution is 2.35. The summed E-state index contributed by atoms with van der Waals surface area (Å²) in [5.41, 5.74) is 1.88. The minimum Gasteiger partial charge on any atom is -0.313 e. The van der Waals surface area contributed by atoms with Gasteiger partial charge in [-0.1, -0.05) is 37.1 Å². The van der Waals surface area contributed by atoms with E-state index >= 15 is 0 Å². The third-order valence-corrected chi connectivity index (χ3v) is 5.92. The Morgan fingerprint density at radius 2 is 1.76 bits per heavy atom. The maximum absolute atomic E-state index is 11.4. The fourth-order valence-electron chi connectivity index (χ4n) is 3.72. The van der Waals surface area contributed by atoms with Crippen molar-refractivity contribution in [1.82, 2.24) is 4.57 Å². The first-order valence-electron chi connectivity index (χ1n) is 9.27. The zero-order chi connectivity index (χ0) is 20.4. The fourth-order valence-corrected chi connectivity index (χ4v) is 4.70. The van der Waals surface area contributed by atoms with E-state index in [1.165, 1.54) is 23.5 Å². The summed E-state index contributed by atoms with van der Waals surface area (Å²) in [5.74, 6) is 0. The molecule has 2 aromatic carbocycles. The molecule has 0 atom stereocenters. The molecule has 9 heteroatoms. The molecule has 1 saturated carbocycles. The van der Waals surface area contributed by atoms with Gasteiger partial charge in [0.15, 0.2) is 4.80 Å². The maximum atomic E-state index is 11.4. The van der Waals surface area contributed by atoms with Gasteiger partial charge in [0.05, 0.1) is 15.5 Å². The summed E-state index contributed by atoms with van der Waals surface area (Å²) in [4.78, 5) is 27.0. The fraction of sp³-hybridized carbons (Fsp3) is 0.250. The number of para-hydroxylation sites is 2. The number of non-ortho nitro benzene ring substituents is 1. The lowest BCUT2D eigenvalue weighted by Gasteiger charge is -2.16. The Hall–Kier alpha value is -3.33. The molecule has 0 saturated heterocycles. The van der Waals surface area contributed by atoms with E-state index in [9.17, 15) is 20.2 Å². The summed E-state index contributed by atoms with van der Waals surface area (Å²) >= 11 is 1.39. The molecule has 0 unspecified atom stereocenters. The molecule has 0 spiro atoms. The van der Waals surface area contributed by atoms with Crippen molar-refractivity contribution in [2.75, 3.05) is 0 Å². The normalized spacial score (nSPS) is 15.0. The average molecular weight is 410 g/mol. The Labute approximate surface area is 170 Å². The Kier molecular flexibility index (Phi) is 5.22. The van der Waals surface area contributed by atoms with Crippen molar-refractivity contribution in [3.05, 3.63) is 78.9 Å². The van der Waals surface area contributed by atoms with Crippen LogP contribution >= 0.6 is 11.3 Å². The van der Waals surface area contributed by atoms with Crippen molar-refractivity contribution in [1.29, 1.82) is 0 Å². The lowest BCUT2D eigenvalue weighted by Crippen LogP contribution is -2.20. The Balaban J connectivity index is 1.90. The van der Waals surface area contributed by atoms with E-state index in [1.54, 1.807) is 30.3 Å². The van der Waals surface area contributed by atoms with Crippen LogP contribution in [0.15, 0.2) is 58.9 Å². The van der Waals surface area contributed by atoms with Crippen LogP contribution in [0.2, 0.25) is 0 Å². The van der Waals surface area contributed by atoms with Gasteiger partial charge in [-0.15, -0.1) is 11.3 Å². The van der Waals surface area contributed by atoms with Crippen LogP contribution in [0.3, 0.4) is 0 Å². The third kappa shape index (κ3) is 3.81. The average Bonchev–Trinajstić information content (AvgIpc) is 3.38. The molecule has 1 aliphatic rings. The van der Waals surface area contributed by atoms with Gasteiger partial charge in [0, 0.05) is 35.2 Å². The topological polar surface area (TPSA) is 104 Å². The second kappa shape index (κ2) is 7.96. The van der Waals surface area contributed by atoms with Gasteiger partial charge in [0.1, 0.15) is 5.69 Å². The van der Waals surface area contributed by atoms with Crippen molar-refractivity contribution in [2.24, 2.45) is 4.99 Å². The molecule has 4 rings (SSSR count). The summed E-state index contributed by atoms with van der Waals surface area (Å²) in [6, 6.07) is 13.2. The second-order valence-electron chi connectivity index (χ2n) is 6.88. The van der Waals surface area contributed by atoms with Crippen LogP contribution < -0.4 is 4.80 Å². The minimum atomic E-state index is -0.437. The lowest BCUT2D eigenvalue weighted by molar-refractivity contribution is -0.384. The number of thiazole rings is 1. The van der Waals surface area contributed by atoms with E-state index < -0.39 is 9.85 Å². The molecule has 3 aromatic rings. The molecule has 1 aliphatic carbocycles. The number of aromatic nitrogens is 1. The molecule has 0 radical (unpaired) electrons. The summed E-state index contributed by atoms with van der Waals surface area (Å²) in [7, 11) is 0. The summed E-state index contributed by atoms with van der Waals surface area (Å²) in [6.07, 6.45) is 4.19. The number of nitro benzene ring substituents is 2. The van der Waals surface area contributed by atoms with Crippen LogP contribution in [0.4, 0.5) is 17.1 Å². The molecule has 29 heavy (non-hydrogen) atoms. The highest BCUT2D eigenvalue weighted by molar-refractivity contribution is 7.07. The summed E-state index contributed by atoms with van der Waals surface area (Å²) < 4.78 is 2.09. The summed E-state index contributed by atoms with van der Waals surface area (Å²) in [6.45, 7) is 0. The van der Waals surface area contributed by atoms with E-state index in [-0.39, 0.29) is 17.4 Å². The predicted molar refractivity (Wildman–Crippen MR) is 110 cm³/mol. The molecule has 148 valence electrons. The summed E-state index contributed by atoms with van der Waals surface area (Å²) in [5, 5.41) is 24.5. The van der Waals surface area contributed by atoms with E-state index in [0.29, 0.717) is 10.5 Å². The van der Waals surface area contributed by atoms with E-state index in [1.807, 2.05) is 11.4 Å². The number of hydrogen-bond donors (Lipinski definition) is 0. The molecule has 1 heterocycles.